The van der Waals surface area contributed by atoms with Crippen molar-refractivity contribution in [2.75, 3.05) is 7.11 Å². The number of pyridine rings is 1. The van der Waals surface area contributed by atoms with E-state index in [0.29, 0.717) is 12.3 Å². The lowest BCUT2D eigenvalue weighted by atomic mass is 9.99. The van der Waals surface area contributed by atoms with Crippen LogP contribution in [0, 0.1) is 0 Å². The van der Waals surface area contributed by atoms with Crippen LogP contribution in [0.4, 0.5) is 4.79 Å². The van der Waals surface area contributed by atoms with E-state index in [9.17, 15) is 4.79 Å². The van der Waals surface area contributed by atoms with Gasteiger partial charge in [-0.2, -0.15) is 0 Å². The minimum atomic E-state index is -0.531. The van der Waals surface area contributed by atoms with E-state index in [4.69, 9.17) is 9.47 Å². The van der Waals surface area contributed by atoms with E-state index in [1.165, 1.54) is 0 Å². The molecule has 0 atom stereocenters. The first kappa shape index (κ1) is 18.8. The minimum absolute atomic E-state index is 0.435. The van der Waals surface area contributed by atoms with Crippen molar-refractivity contribution >= 4 is 6.09 Å². The number of nitrogens with one attached hydrogen (secondary N) is 1. The number of carbonyl (C=O) groups is 1. The molecule has 0 saturated carbocycles. The summed E-state index contributed by atoms with van der Waals surface area (Å²) < 4.78 is 12.4. The van der Waals surface area contributed by atoms with Gasteiger partial charge in [-0.15, -0.1) is 0 Å². The summed E-state index contributed by atoms with van der Waals surface area (Å²) in [5.74, 6) is 0.553. The Morgan fingerprint density at radius 3 is 2.48 bits per heavy atom. The molecule has 0 saturated heterocycles. The van der Waals surface area contributed by atoms with Crippen molar-refractivity contribution in [3.05, 3.63) is 36.5 Å². The number of nitrogens with zero attached hydrogens (tertiary/aromatic N) is 3. The van der Waals surface area contributed by atoms with Gasteiger partial charge in [-0.3, -0.25) is 0 Å². The third-order valence-electron chi connectivity index (χ3n) is 3.39. The number of hydrogen-bond donors (Lipinski definition) is 1. The van der Waals surface area contributed by atoms with Gasteiger partial charge in [0.05, 0.1) is 25.3 Å². The minimum Gasteiger partial charge on any atom is -0.481 e. The van der Waals surface area contributed by atoms with Crippen molar-refractivity contribution in [1.82, 2.24) is 19.9 Å². The molecule has 2 heterocycles. The number of rotatable bonds is 5. The molecular formula is C18H26N4O3. The Morgan fingerprint density at radius 2 is 1.92 bits per heavy atom. The Bertz CT molecular complexity index is 715. The van der Waals surface area contributed by atoms with Gasteiger partial charge >= 0.3 is 6.09 Å². The zero-order valence-corrected chi connectivity index (χ0v) is 15.7. The first-order chi connectivity index (χ1) is 11.6. The second-order valence-corrected chi connectivity index (χ2v) is 7.50. The molecule has 0 aliphatic carbocycles. The normalized spacial score (nSPS) is 11.9. The summed E-state index contributed by atoms with van der Waals surface area (Å²) in [5.41, 5.74) is 0.797. The molecule has 1 N–H and O–H groups in total. The maximum absolute atomic E-state index is 12.0. The highest BCUT2D eigenvalue weighted by Gasteiger charge is 2.26. The summed E-state index contributed by atoms with van der Waals surface area (Å²) in [6.45, 7) is 9.41. The number of hydrogen-bond acceptors (Lipinski definition) is 5. The largest absolute Gasteiger partial charge is 0.481 e. The molecule has 0 aliphatic rings. The molecule has 0 fully saturated rings. The molecule has 0 aliphatic heterocycles. The molecule has 0 unspecified atom stereocenters. The van der Waals surface area contributed by atoms with Crippen LogP contribution in [0.15, 0.2) is 30.9 Å². The van der Waals surface area contributed by atoms with Crippen LogP contribution in [0.2, 0.25) is 0 Å². The highest BCUT2D eigenvalue weighted by atomic mass is 16.6. The number of methoxy groups -OCH3 is 1. The molecule has 2 rings (SSSR count). The second-order valence-electron chi connectivity index (χ2n) is 7.50. The maximum Gasteiger partial charge on any atom is 0.408 e. The summed E-state index contributed by atoms with van der Waals surface area (Å²) in [6.07, 6.45) is 5.37. The van der Waals surface area contributed by atoms with E-state index in [1.807, 2.05) is 45.3 Å². The van der Waals surface area contributed by atoms with Crippen molar-refractivity contribution in [2.24, 2.45) is 0 Å². The lowest BCUT2D eigenvalue weighted by Crippen LogP contribution is -2.47. The van der Waals surface area contributed by atoms with Crippen LogP contribution in [0.3, 0.4) is 0 Å². The Kier molecular flexibility index (Phi) is 5.35. The first-order valence-electron chi connectivity index (χ1n) is 8.12. The standard InChI is InChI=1S/C18H26N4O3/c1-17(2,3)25-16(23)21-18(4,5)9-14-10-19-12-22(14)13-7-8-15(24-6)20-11-13/h7-8,10-12H,9H2,1-6H3,(H,21,23). The Labute approximate surface area is 148 Å². The molecule has 0 radical (unpaired) electrons. The van der Waals surface area contributed by atoms with Gasteiger partial charge in [-0.1, -0.05) is 0 Å². The van der Waals surface area contributed by atoms with Crippen LogP contribution in [0.5, 0.6) is 5.88 Å². The van der Waals surface area contributed by atoms with Crippen molar-refractivity contribution in [2.45, 2.75) is 52.2 Å². The predicted octanol–water partition coefficient (Wildman–Crippen LogP) is 3.12. The van der Waals surface area contributed by atoms with Crippen molar-refractivity contribution in [3.8, 4) is 11.6 Å². The monoisotopic (exact) mass is 346 g/mol. The second kappa shape index (κ2) is 7.13. The van der Waals surface area contributed by atoms with Crippen LogP contribution < -0.4 is 10.1 Å². The molecule has 2 aromatic heterocycles. The summed E-state index contributed by atoms with van der Waals surface area (Å²) in [5, 5.41) is 2.91. The first-order valence-corrected chi connectivity index (χ1v) is 8.12. The molecule has 0 bridgehead atoms. The molecule has 7 nitrogen and oxygen atoms in total. The third kappa shape index (κ3) is 5.48. The van der Waals surface area contributed by atoms with E-state index in [0.717, 1.165) is 11.4 Å². The van der Waals surface area contributed by atoms with Crippen LogP contribution in [-0.2, 0) is 11.2 Å². The fourth-order valence-electron chi connectivity index (χ4n) is 2.40. The number of aromatic nitrogens is 3. The van der Waals surface area contributed by atoms with Gasteiger partial charge in [0.2, 0.25) is 5.88 Å². The summed E-state index contributed by atoms with van der Waals surface area (Å²) >= 11 is 0. The molecule has 136 valence electrons. The molecule has 1 amide bonds. The number of imidazole rings is 1. The van der Waals surface area contributed by atoms with E-state index in [2.05, 4.69) is 15.3 Å². The third-order valence-corrected chi connectivity index (χ3v) is 3.39. The Hall–Kier alpha value is -2.57. The average molecular weight is 346 g/mol. The van der Waals surface area contributed by atoms with Crippen LogP contribution in [0.25, 0.3) is 5.69 Å². The van der Waals surface area contributed by atoms with Crippen molar-refractivity contribution < 1.29 is 14.3 Å². The summed E-state index contributed by atoms with van der Waals surface area (Å²) in [7, 11) is 1.58. The topological polar surface area (TPSA) is 78.3 Å². The molecule has 0 spiro atoms. The number of ether oxygens (including phenoxy) is 2. The van der Waals surface area contributed by atoms with Gasteiger partial charge < -0.3 is 19.4 Å². The molecule has 2 aromatic rings. The zero-order chi connectivity index (χ0) is 18.7. The fraction of sp³-hybridized carbons (Fsp3) is 0.500. The maximum atomic E-state index is 12.0. The van der Waals surface area contributed by atoms with Gasteiger partial charge in [-0.25, -0.2) is 14.8 Å². The van der Waals surface area contributed by atoms with E-state index in [1.54, 1.807) is 31.9 Å². The lowest BCUT2D eigenvalue weighted by Gasteiger charge is -2.28. The highest BCUT2D eigenvalue weighted by Crippen LogP contribution is 2.18. The molecule has 0 aromatic carbocycles. The van der Waals surface area contributed by atoms with Gasteiger partial charge in [0.1, 0.15) is 5.60 Å². The average Bonchev–Trinajstić information content (AvgIpc) is 2.91. The van der Waals surface area contributed by atoms with Gasteiger partial charge in [0.25, 0.3) is 0 Å². The van der Waals surface area contributed by atoms with E-state index in [-0.39, 0.29) is 0 Å². The molecule has 7 heteroatoms. The van der Waals surface area contributed by atoms with E-state index < -0.39 is 17.2 Å². The quantitative estimate of drug-likeness (QED) is 0.900. The van der Waals surface area contributed by atoms with Crippen LogP contribution in [0.1, 0.15) is 40.3 Å². The zero-order valence-electron chi connectivity index (χ0n) is 15.7. The smallest absolute Gasteiger partial charge is 0.408 e. The van der Waals surface area contributed by atoms with Crippen LogP contribution >= 0.6 is 0 Å². The number of carbonyl (C=O) groups excluding carboxylic acids is 1. The lowest BCUT2D eigenvalue weighted by molar-refractivity contribution is 0.0472. The van der Waals surface area contributed by atoms with Gasteiger partial charge in [-0.05, 0) is 40.7 Å². The van der Waals surface area contributed by atoms with Crippen LogP contribution in [-0.4, -0.2) is 38.9 Å². The molecule has 25 heavy (non-hydrogen) atoms. The van der Waals surface area contributed by atoms with E-state index >= 15 is 0 Å². The van der Waals surface area contributed by atoms with Crippen molar-refractivity contribution in [3.63, 3.8) is 0 Å². The highest BCUT2D eigenvalue weighted by molar-refractivity contribution is 5.68. The predicted molar refractivity (Wildman–Crippen MR) is 95.1 cm³/mol. The summed E-state index contributed by atoms with van der Waals surface area (Å²) in [6, 6.07) is 3.70. The SMILES string of the molecule is COc1ccc(-n2cncc2CC(C)(C)NC(=O)OC(C)(C)C)cn1. The fourth-order valence-corrected chi connectivity index (χ4v) is 2.40. The molecular weight excluding hydrogens is 320 g/mol. The number of alkyl carbamates (subject to hydrolysis) is 1. The van der Waals surface area contributed by atoms with Gasteiger partial charge in [0, 0.05) is 29.9 Å². The van der Waals surface area contributed by atoms with Crippen molar-refractivity contribution in [1.29, 1.82) is 0 Å². The van der Waals surface area contributed by atoms with Gasteiger partial charge in [0.15, 0.2) is 0 Å². The Morgan fingerprint density at radius 1 is 1.20 bits per heavy atom. The Balaban J connectivity index is 2.12. The summed E-state index contributed by atoms with van der Waals surface area (Å²) in [4.78, 5) is 20.5. The number of amides is 1.